The summed E-state index contributed by atoms with van der Waals surface area (Å²) in [4.78, 5) is 3.36. The van der Waals surface area contributed by atoms with Crippen LogP contribution in [0.25, 0.3) is 10.9 Å². The molecule has 0 bridgehead atoms. The summed E-state index contributed by atoms with van der Waals surface area (Å²) >= 11 is 0. The van der Waals surface area contributed by atoms with E-state index in [4.69, 9.17) is 5.26 Å². The minimum absolute atomic E-state index is 0.666. The molecule has 1 aromatic carbocycles. The Labute approximate surface area is 131 Å². The molecule has 2 aliphatic rings. The Balaban J connectivity index is 1.42. The first-order chi connectivity index (χ1) is 10.8. The summed E-state index contributed by atoms with van der Waals surface area (Å²) < 4.78 is 0. The summed E-state index contributed by atoms with van der Waals surface area (Å²) in [7, 11) is 0. The van der Waals surface area contributed by atoms with Crippen LogP contribution in [0.1, 0.15) is 55.6 Å². The number of hydrogen-bond donors (Lipinski definition) is 2. The van der Waals surface area contributed by atoms with Gasteiger partial charge >= 0.3 is 0 Å². The lowest BCUT2D eigenvalue weighted by atomic mass is 9.95. The highest BCUT2D eigenvalue weighted by Gasteiger charge is 2.39. The second-order valence-corrected chi connectivity index (χ2v) is 6.96. The van der Waals surface area contributed by atoms with E-state index in [0.717, 1.165) is 29.6 Å². The first-order valence-corrected chi connectivity index (χ1v) is 8.59. The van der Waals surface area contributed by atoms with E-state index in [1.165, 1.54) is 49.5 Å². The molecule has 0 radical (unpaired) electrons. The van der Waals surface area contributed by atoms with Gasteiger partial charge in [-0.25, -0.2) is 0 Å². The van der Waals surface area contributed by atoms with Crippen LogP contribution in [-0.4, -0.2) is 17.6 Å². The van der Waals surface area contributed by atoms with Crippen LogP contribution >= 0.6 is 0 Å². The van der Waals surface area contributed by atoms with E-state index >= 15 is 0 Å². The number of H-pyrrole nitrogens is 1. The molecule has 3 heteroatoms. The number of nitrogens with zero attached hydrogens (tertiary/aromatic N) is 1. The van der Waals surface area contributed by atoms with Gasteiger partial charge in [0.05, 0.1) is 11.6 Å². The van der Waals surface area contributed by atoms with Crippen molar-refractivity contribution in [3.05, 3.63) is 35.5 Å². The van der Waals surface area contributed by atoms with Crippen LogP contribution in [-0.2, 0) is 0 Å². The molecule has 0 aliphatic heterocycles. The zero-order valence-electron chi connectivity index (χ0n) is 12.9. The van der Waals surface area contributed by atoms with Gasteiger partial charge in [-0.2, -0.15) is 5.26 Å². The van der Waals surface area contributed by atoms with Gasteiger partial charge in [-0.3, -0.25) is 0 Å². The zero-order chi connectivity index (χ0) is 14.9. The molecule has 1 heterocycles. The smallest absolute Gasteiger partial charge is 0.0991 e. The largest absolute Gasteiger partial charge is 0.361 e. The van der Waals surface area contributed by atoms with Gasteiger partial charge in [0.15, 0.2) is 0 Å². The quantitative estimate of drug-likeness (QED) is 0.893. The number of fused-ring (bicyclic) bond motifs is 1. The highest BCUT2D eigenvalue weighted by atomic mass is 14.9. The minimum Gasteiger partial charge on any atom is -0.361 e. The Bertz CT molecular complexity index is 703. The number of benzene rings is 1. The highest BCUT2D eigenvalue weighted by Crippen LogP contribution is 2.49. The molecular formula is C19H23N3. The van der Waals surface area contributed by atoms with E-state index in [2.05, 4.69) is 22.6 Å². The van der Waals surface area contributed by atoms with Crippen LogP contribution in [0, 0.1) is 17.2 Å². The Kier molecular flexibility index (Phi) is 3.63. The molecule has 2 N–H and O–H groups in total. The first kappa shape index (κ1) is 13.8. The molecular weight excluding hydrogens is 270 g/mol. The Hall–Kier alpha value is -1.79. The maximum atomic E-state index is 9.09. The van der Waals surface area contributed by atoms with Crippen molar-refractivity contribution in [3.8, 4) is 6.07 Å². The lowest BCUT2D eigenvalue weighted by molar-refractivity contribution is 0.368. The summed E-state index contributed by atoms with van der Waals surface area (Å²) in [6.07, 6.45) is 10.4. The standard InChI is InChI=1S/C19H23N3/c20-10-13-6-7-19-17(8-13)18(12-22-19)16-9-14(16)11-21-15-4-2-1-3-5-15/h6-8,12,14-16,21-22H,1-5,9,11H2/t14-,16+/m0/s1. The van der Waals surface area contributed by atoms with Gasteiger partial charge in [0.25, 0.3) is 0 Å². The average Bonchev–Trinajstić information content (AvgIpc) is 3.23. The molecule has 1 aromatic heterocycles. The van der Waals surface area contributed by atoms with Crippen molar-refractivity contribution in [2.75, 3.05) is 6.54 Å². The van der Waals surface area contributed by atoms with E-state index in [9.17, 15) is 0 Å². The second-order valence-electron chi connectivity index (χ2n) is 6.96. The molecule has 0 amide bonds. The van der Waals surface area contributed by atoms with Crippen LogP contribution in [0.2, 0.25) is 0 Å². The van der Waals surface area contributed by atoms with Crippen LogP contribution < -0.4 is 5.32 Å². The fraction of sp³-hybridized carbons (Fsp3) is 0.526. The van der Waals surface area contributed by atoms with Gasteiger partial charge in [0, 0.05) is 23.1 Å². The van der Waals surface area contributed by atoms with Crippen LogP contribution in [0.5, 0.6) is 0 Å². The lowest BCUT2D eigenvalue weighted by Gasteiger charge is -2.22. The van der Waals surface area contributed by atoms with E-state index < -0.39 is 0 Å². The molecule has 0 unspecified atom stereocenters. The van der Waals surface area contributed by atoms with Gasteiger partial charge in [0.1, 0.15) is 0 Å². The predicted octanol–water partition coefficient (Wildman–Crippen LogP) is 4.07. The molecule has 114 valence electrons. The Morgan fingerprint density at radius 3 is 2.91 bits per heavy atom. The molecule has 0 saturated heterocycles. The van der Waals surface area contributed by atoms with Crippen molar-refractivity contribution in [3.63, 3.8) is 0 Å². The normalized spacial score (nSPS) is 25.2. The molecule has 2 aromatic rings. The molecule has 2 atom stereocenters. The molecule has 4 rings (SSSR count). The van der Waals surface area contributed by atoms with Crippen LogP contribution in [0.15, 0.2) is 24.4 Å². The third kappa shape index (κ3) is 2.64. The van der Waals surface area contributed by atoms with Crippen molar-refractivity contribution >= 4 is 10.9 Å². The minimum atomic E-state index is 0.666. The summed E-state index contributed by atoms with van der Waals surface area (Å²) in [5.41, 5.74) is 3.31. The van der Waals surface area contributed by atoms with Gasteiger partial charge in [-0.15, -0.1) is 0 Å². The van der Waals surface area contributed by atoms with Gasteiger partial charge in [-0.05, 0) is 61.4 Å². The molecule has 2 aliphatic carbocycles. The topological polar surface area (TPSA) is 51.6 Å². The molecule has 22 heavy (non-hydrogen) atoms. The fourth-order valence-electron chi connectivity index (χ4n) is 4.00. The van der Waals surface area contributed by atoms with Crippen molar-refractivity contribution in [2.45, 2.75) is 50.5 Å². The third-order valence-electron chi connectivity index (χ3n) is 5.44. The maximum Gasteiger partial charge on any atom is 0.0991 e. The van der Waals surface area contributed by atoms with Crippen molar-refractivity contribution in [2.24, 2.45) is 5.92 Å². The summed E-state index contributed by atoms with van der Waals surface area (Å²) in [5.74, 6) is 1.44. The van der Waals surface area contributed by atoms with E-state index in [1.807, 2.05) is 18.2 Å². The van der Waals surface area contributed by atoms with E-state index in [1.54, 1.807) is 0 Å². The van der Waals surface area contributed by atoms with E-state index in [0.29, 0.717) is 5.92 Å². The average molecular weight is 293 g/mol. The van der Waals surface area contributed by atoms with Crippen LogP contribution in [0.3, 0.4) is 0 Å². The number of hydrogen-bond acceptors (Lipinski definition) is 2. The number of aromatic nitrogens is 1. The SMILES string of the molecule is N#Cc1ccc2[nH]cc([C@@H]3C[C@H]3CNC3CCCCC3)c2c1. The summed E-state index contributed by atoms with van der Waals surface area (Å²) in [6.45, 7) is 1.15. The van der Waals surface area contributed by atoms with Crippen molar-refractivity contribution in [1.82, 2.24) is 10.3 Å². The van der Waals surface area contributed by atoms with Gasteiger partial charge in [0.2, 0.25) is 0 Å². The second kappa shape index (κ2) is 5.78. The number of aromatic amines is 1. The Morgan fingerprint density at radius 2 is 2.09 bits per heavy atom. The monoisotopic (exact) mass is 293 g/mol. The third-order valence-corrected chi connectivity index (χ3v) is 5.44. The number of rotatable bonds is 4. The molecule has 2 fully saturated rings. The molecule has 3 nitrogen and oxygen atoms in total. The van der Waals surface area contributed by atoms with Gasteiger partial charge < -0.3 is 10.3 Å². The fourth-order valence-corrected chi connectivity index (χ4v) is 4.00. The predicted molar refractivity (Wildman–Crippen MR) is 88.7 cm³/mol. The summed E-state index contributed by atoms with van der Waals surface area (Å²) in [6, 6.07) is 8.94. The first-order valence-electron chi connectivity index (χ1n) is 8.59. The van der Waals surface area contributed by atoms with E-state index in [-0.39, 0.29) is 0 Å². The highest BCUT2D eigenvalue weighted by molar-refractivity contribution is 5.85. The summed E-state index contributed by atoms with van der Waals surface area (Å²) in [5, 5.41) is 14.1. The molecule has 0 spiro atoms. The molecule has 2 saturated carbocycles. The number of nitriles is 1. The maximum absolute atomic E-state index is 9.09. The van der Waals surface area contributed by atoms with Gasteiger partial charge in [-0.1, -0.05) is 19.3 Å². The number of nitrogens with one attached hydrogen (secondary N) is 2. The van der Waals surface area contributed by atoms with Crippen LogP contribution in [0.4, 0.5) is 0 Å². The Morgan fingerprint density at radius 1 is 1.23 bits per heavy atom. The van der Waals surface area contributed by atoms with Crippen molar-refractivity contribution < 1.29 is 0 Å². The van der Waals surface area contributed by atoms with Crippen molar-refractivity contribution in [1.29, 1.82) is 5.26 Å². The zero-order valence-corrected chi connectivity index (χ0v) is 12.9. The lowest BCUT2D eigenvalue weighted by Crippen LogP contribution is -2.32.